The molecule has 29 heavy (non-hydrogen) atoms. The lowest BCUT2D eigenvalue weighted by atomic mass is 10.2. The molecule has 0 aliphatic rings. The zero-order chi connectivity index (χ0) is 20.9. The number of methoxy groups -OCH3 is 1. The van der Waals surface area contributed by atoms with E-state index in [2.05, 4.69) is 25.6 Å². The van der Waals surface area contributed by atoms with E-state index < -0.39 is 16.0 Å². The first-order valence-electron chi connectivity index (χ1n) is 8.44. The van der Waals surface area contributed by atoms with Gasteiger partial charge in [-0.2, -0.15) is 8.42 Å². The van der Waals surface area contributed by atoms with Crippen LogP contribution in [-0.2, 0) is 21.4 Å². The highest BCUT2D eigenvalue weighted by Crippen LogP contribution is 2.37. The summed E-state index contributed by atoms with van der Waals surface area (Å²) in [4.78, 5) is 16.3. The van der Waals surface area contributed by atoms with Gasteiger partial charge < -0.3 is 9.47 Å². The van der Waals surface area contributed by atoms with Gasteiger partial charge in [-0.05, 0) is 45.8 Å². The molecule has 0 fully saturated rings. The number of sulfonamides is 1. The molecule has 0 bridgehead atoms. The minimum Gasteiger partial charge on any atom is -0.495 e. The molecule has 1 N–H and O–H groups in total. The first-order chi connectivity index (χ1) is 13.9. The fourth-order valence-corrected chi connectivity index (χ4v) is 4.26. The molecule has 7 nitrogen and oxygen atoms in total. The highest BCUT2D eigenvalue weighted by atomic mass is 79.9. The number of anilines is 1. The second-order valence-electron chi connectivity index (χ2n) is 5.84. The van der Waals surface area contributed by atoms with E-state index in [1.807, 2.05) is 30.3 Å². The third kappa shape index (κ3) is 4.93. The molecule has 0 aliphatic carbocycles. The Labute approximate surface area is 176 Å². The zero-order valence-corrected chi connectivity index (χ0v) is 17.7. The van der Waals surface area contributed by atoms with E-state index in [0.717, 1.165) is 5.56 Å². The van der Waals surface area contributed by atoms with E-state index in [0.29, 0.717) is 0 Å². The summed E-state index contributed by atoms with van der Waals surface area (Å²) in [5, 5.41) is -0.128. The van der Waals surface area contributed by atoms with Crippen molar-refractivity contribution in [2.45, 2.75) is 11.6 Å². The highest BCUT2D eigenvalue weighted by Gasteiger charge is 2.22. The van der Waals surface area contributed by atoms with Crippen LogP contribution in [-0.4, -0.2) is 26.5 Å². The number of carbonyl (C=O) groups is 1. The quantitative estimate of drug-likeness (QED) is 0.517. The number of nitrogens with zero attached hydrogens (tertiary/aromatic N) is 1. The van der Waals surface area contributed by atoms with E-state index >= 15 is 0 Å². The van der Waals surface area contributed by atoms with Crippen molar-refractivity contribution in [1.82, 2.24) is 4.98 Å². The summed E-state index contributed by atoms with van der Waals surface area (Å²) in [5.74, 6) is -0.435. The molecule has 0 spiro atoms. The van der Waals surface area contributed by atoms with Crippen molar-refractivity contribution < 1.29 is 22.7 Å². The average molecular weight is 477 g/mol. The topological polar surface area (TPSA) is 94.6 Å². The van der Waals surface area contributed by atoms with Crippen molar-refractivity contribution in [3.63, 3.8) is 0 Å². The average Bonchev–Trinajstić information content (AvgIpc) is 2.74. The Hall–Kier alpha value is -2.91. The van der Waals surface area contributed by atoms with Crippen molar-refractivity contribution in [3.8, 4) is 5.75 Å². The number of pyridine rings is 1. The van der Waals surface area contributed by atoms with Crippen molar-refractivity contribution in [2.75, 3.05) is 11.8 Å². The Morgan fingerprint density at radius 1 is 1.07 bits per heavy atom. The summed E-state index contributed by atoms with van der Waals surface area (Å²) in [7, 11) is -2.52. The molecule has 1 aromatic heterocycles. The van der Waals surface area contributed by atoms with Gasteiger partial charge in [0.05, 0.1) is 17.3 Å². The molecule has 0 amide bonds. The first-order valence-corrected chi connectivity index (χ1v) is 10.7. The Morgan fingerprint density at radius 3 is 2.45 bits per heavy atom. The summed E-state index contributed by atoms with van der Waals surface area (Å²) in [5.41, 5.74) is 1.21. The molecule has 3 rings (SSSR count). The Bertz CT molecular complexity index is 1110. The molecule has 1 heterocycles. The molecular formula is C20H17BrN2O5S. The monoisotopic (exact) mass is 476 g/mol. The largest absolute Gasteiger partial charge is 0.495 e. The second kappa shape index (κ2) is 9.06. The lowest BCUT2D eigenvalue weighted by molar-refractivity contribution is 0.0469. The standard InChI is InChI=1S/C20H17BrN2O5S/c1-27-19-15(20(24)28-13-14-7-3-2-4-8-14)10-11-16(18(19)21)23-29(25,26)17-9-5-6-12-22-17/h2-12,23H,13H2,1H3. The van der Waals surface area contributed by atoms with Gasteiger partial charge >= 0.3 is 5.97 Å². The molecule has 0 saturated heterocycles. The van der Waals surface area contributed by atoms with E-state index in [1.165, 1.54) is 31.5 Å². The van der Waals surface area contributed by atoms with Crippen LogP contribution < -0.4 is 9.46 Å². The molecule has 9 heteroatoms. The predicted molar refractivity (Wildman–Crippen MR) is 111 cm³/mol. The van der Waals surface area contributed by atoms with Gasteiger partial charge in [0.15, 0.2) is 5.03 Å². The molecule has 150 valence electrons. The van der Waals surface area contributed by atoms with Crippen LogP contribution in [0.25, 0.3) is 0 Å². The fourth-order valence-electron chi connectivity index (χ4n) is 2.50. The van der Waals surface area contributed by atoms with Gasteiger partial charge in [0.25, 0.3) is 10.0 Å². The van der Waals surface area contributed by atoms with E-state index in [1.54, 1.807) is 12.1 Å². The van der Waals surface area contributed by atoms with Crippen molar-refractivity contribution in [3.05, 3.63) is 82.5 Å². The maximum atomic E-state index is 12.5. The summed E-state index contributed by atoms with van der Waals surface area (Å²) < 4.78 is 38.4. The molecule has 3 aromatic rings. The van der Waals surface area contributed by atoms with Crippen molar-refractivity contribution >= 4 is 37.6 Å². The second-order valence-corrected chi connectivity index (χ2v) is 8.27. The summed E-state index contributed by atoms with van der Waals surface area (Å²) in [6.45, 7) is 0.106. The Kier molecular flexibility index (Phi) is 6.50. The molecule has 0 unspecified atom stereocenters. The van der Waals surface area contributed by atoms with Crippen LogP contribution in [0.5, 0.6) is 5.75 Å². The molecule has 0 radical (unpaired) electrons. The number of rotatable bonds is 7. The number of ether oxygens (including phenoxy) is 2. The number of carbonyl (C=O) groups excluding carboxylic acids is 1. The third-order valence-corrected chi connectivity index (χ3v) is 5.96. The molecule has 2 aromatic carbocycles. The molecule has 0 atom stereocenters. The van der Waals surface area contributed by atoms with E-state index in [9.17, 15) is 13.2 Å². The molecule has 0 saturated carbocycles. The smallest absolute Gasteiger partial charge is 0.342 e. The maximum Gasteiger partial charge on any atom is 0.342 e. The zero-order valence-electron chi connectivity index (χ0n) is 15.3. The maximum absolute atomic E-state index is 12.5. The van der Waals surface area contributed by atoms with E-state index in [-0.39, 0.29) is 33.1 Å². The number of aromatic nitrogens is 1. The lowest BCUT2D eigenvalue weighted by Crippen LogP contribution is -2.15. The molecule has 0 aliphatic heterocycles. The molecular weight excluding hydrogens is 460 g/mol. The number of benzene rings is 2. The minimum absolute atomic E-state index is 0.106. The normalized spacial score (nSPS) is 11.0. The number of hydrogen-bond acceptors (Lipinski definition) is 6. The summed E-state index contributed by atoms with van der Waals surface area (Å²) in [6.07, 6.45) is 1.38. The summed E-state index contributed by atoms with van der Waals surface area (Å²) >= 11 is 3.30. The minimum atomic E-state index is -3.90. The fraction of sp³-hybridized carbons (Fsp3) is 0.100. The van der Waals surface area contributed by atoms with Crippen LogP contribution in [0, 0.1) is 0 Å². The van der Waals surface area contributed by atoms with Crippen LogP contribution in [0.2, 0.25) is 0 Å². The van der Waals surface area contributed by atoms with Crippen LogP contribution in [0.1, 0.15) is 15.9 Å². The van der Waals surface area contributed by atoms with Gasteiger partial charge in [0, 0.05) is 6.20 Å². The van der Waals surface area contributed by atoms with Crippen LogP contribution in [0.4, 0.5) is 5.69 Å². The number of hydrogen-bond donors (Lipinski definition) is 1. The number of esters is 1. The van der Waals surface area contributed by atoms with Crippen molar-refractivity contribution in [1.29, 1.82) is 0 Å². The van der Waals surface area contributed by atoms with E-state index in [4.69, 9.17) is 9.47 Å². The first kappa shape index (κ1) is 20.8. The summed E-state index contributed by atoms with van der Waals surface area (Å²) in [6, 6.07) is 16.7. The predicted octanol–water partition coefficient (Wildman–Crippen LogP) is 4.01. The number of nitrogens with one attached hydrogen (secondary N) is 1. The van der Waals surface area contributed by atoms with Gasteiger partial charge in [-0.1, -0.05) is 36.4 Å². The van der Waals surface area contributed by atoms with Gasteiger partial charge in [-0.3, -0.25) is 4.72 Å². The van der Waals surface area contributed by atoms with Gasteiger partial charge in [0.1, 0.15) is 17.9 Å². The van der Waals surface area contributed by atoms with Gasteiger partial charge in [0.2, 0.25) is 0 Å². The number of halogens is 1. The van der Waals surface area contributed by atoms with Crippen molar-refractivity contribution in [2.24, 2.45) is 0 Å². The van der Waals surface area contributed by atoms with Gasteiger partial charge in [-0.15, -0.1) is 0 Å². The van der Waals surface area contributed by atoms with Crippen LogP contribution in [0.3, 0.4) is 0 Å². The third-order valence-electron chi connectivity index (χ3n) is 3.89. The van der Waals surface area contributed by atoms with Crippen LogP contribution in [0.15, 0.2) is 76.4 Å². The van der Waals surface area contributed by atoms with Crippen LogP contribution >= 0.6 is 15.9 Å². The van der Waals surface area contributed by atoms with Gasteiger partial charge in [-0.25, -0.2) is 9.78 Å². The SMILES string of the molecule is COc1c(C(=O)OCc2ccccc2)ccc(NS(=O)(=O)c2ccccn2)c1Br. The highest BCUT2D eigenvalue weighted by molar-refractivity contribution is 9.10. The Balaban J connectivity index is 1.83. The lowest BCUT2D eigenvalue weighted by Gasteiger charge is -2.15. The Morgan fingerprint density at radius 2 is 1.79 bits per heavy atom.